The highest BCUT2D eigenvalue weighted by atomic mass is 35.5. The van der Waals surface area contributed by atoms with Crippen LogP contribution in [0, 0.1) is 0 Å². The Labute approximate surface area is 116 Å². The molecule has 108 valence electrons. The molecule has 0 unspecified atom stereocenters. The van der Waals surface area contributed by atoms with Gasteiger partial charge in [0.15, 0.2) is 0 Å². The molecule has 0 saturated carbocycles. The number of halogens is 4. The summed E-state index contributed by atoms with van der Waals surface area (Å²) in [5, 5.41) is 5.84. The van der Waals surface area contributed by atoms with Crippen LogP contribution in [-0.2, 0) is 13.1 Å². The highest BCUT2D eigenvalue weighted by molar-refractivity contribution is 6.32. The summed E-state index contributed by atoms with van der Waals surface area (Å²) in [6.45, 7) is -1.25. The zero-order chi connectivity index (χ0) is 14.8. The first-order valence-electron chi connectivity index (χ1n) is 5.45. The van der Waals surface area contributed by atoms with E-state index in [1.807, 2.05) is 0 Å². The standard InChI is InChI=1S/C11H9ClF3N3O2/c12-9-8(16-4-7-2-1-3-20-7)5-17-18(10(9)19)6-11(13,14)15/h1-3,5,16H,4,6H2. The second-order valence-corrected chi connectivity index (χ2v) is 4.26. The lowest BCUT2D eigenvalue weighted by Gasteiger charge is -2.11. The number of nitrogens with one attached hydrogen (secondary N) is 1. The molecular weight excluding hydrogens is 299 g/mol. The third-order valence-electron chi connectivity index (χ3n) is 2.35. The minimum absolute atomic E-state index is 0.145. The van der Waals surface area contributed by atoms with Gasteiger partial charge in [-0.2, -0.15) is 18.3 Å². The molecule has 0 radical (unpaired) electrons. The second kappa shape index (κ2) is 5.58. The fourth-order valence-electron chi connectivity index (χ4n) is 1.47. The molecule has 9 heteroatoms. The molecule has 1 N–H and O–H groups in total. The van der Waals surface area contributed by atoms with Crippen LogP contribution in [-0.4, -0.2) is 16.0 Å². The molecule has 0 bridgehead atoms. The maximum Gasteiger partial charge on any atom is 0.408 e. The van der Waals surface area contributed by atoms with Crippen molar-refractivity contribution in [2.24, 2.45) is 0 Å². The van der Waals surface area contributed by atoms with E-state index >= 15 is 0 Å². The maximum absolute atomic E-state index is 12.2. The zero-order valence-corrected chi connectivity index (χ0v) is 10.7. The first kappa shape index (κ1) is 14.4. The van der Waals surface area contributed by atoms with Gasteiger partial charge in [-0.1, -0.05) is 11.6 Å². The van der Waals surface area contributed by atoms with Gasteiger partial charge in [-0.15, -0.1) is 0 Å². The van der Waals surface area contributed by atoms with Crippen LogP contribution in [0.2, 0.25) is 5.02 Å². The van der Waals surface area contributed by atoms with Crippen molar-refractivity contribution in [3.63, 3.8) is 0 Å². The molecule has 0 spiro atoms. The molecule has 20 heavy (non-hydrogen) atoms. The summed E-state index contributed by atoms with van der Waals surface area (Å²) in [7, 11) is 0. The fraction of sp³-hybridized carbons (Fsp3) is 0.273. The van der Waals surface area contributed by atoms with Crippen molar-refractivity contribution in [2.45, 2.75) is 19.3 Å². The SMILES string of the molecule is O=c1c(Cl)c(NCc2ccco2)cnn1CC(F)(F)F. The Balaban J connectivity index is 2.16. The van der Waals surface area contributed by atoms with Crippen molar-refractivity contribution in [1.82, 2.24) is 9.78 Å². The molecule has 0 amide bonds. The number of nitrogens with zero attached hydrogens (tertiary/aromatic N) is 2. The number of rotatable bonds is 4. The van der Waals surface area contributed by atoms with Gasteiger partial charge in [0.1, 0.15) is 17.3 Å². The Morgan fingerprint density at radius 1 is 1.45 bits per heavy atom. The smallest absolute Gasteiger partial charge is 0.408 e. The van der Waals surface area contributed by atoms with Crippen LogP contribution >= 0.6 is 11.6 Å². The summed E-state index contributed by atoms with van der Waals surface area (Å²) in [5.74, 6) is 0.584. The Kier molecular flexibility index (Phi) is 4.03. The van der Waals surface area contributed by atoms with Crippen LogP contribution in [0.3, 0.4) is 0 Å². The Morgan fingerprint density at radius 3 is 2.80 bits per heavy atom. The molecule has 0 aliphatic carbocycles. The largest absolute Gasteiger partial charge is 0.467 e. The molecule has 0 fully saturated rings. The summed E-state index contributed by atoms with van der Waals surface area (Å²) in [6, 6.07) is 3.37. The summed E-state index contributed by atoms with van der Waals surface area (Å²) in [4.78, 5) is 11.6. The van der Waals surface area contributed by atoms with Crippen molar-refractivity contribution >= 4 is 17.3 Å². The Morgan fingerprint density at radius 2 is 2.20 bits per heavy atom. The van der Waals surface area contributed by atoms with Gasteiger partial charge in [0.05, 0.1) is 24.7 Å². The number of alkyl halides is 3. The number of hydrogen-bond acceptors (Lipinski definition) is 4. The van der Waals surface area contributed by atoms with Crippen molar-refractivity contribution < 1.29 is 17.6 Å². The molecule has 0 aliphatic heterocycles. The zero-order valence-electron chi connectivity index (χ0n) is 9.95. The molecule has 2 aromatic heterocycles. The average molecular weight is 308 g/mol. The molecule has 0 aliphatic rings. The van der Waals surface area contributed by atoms with Gasteiger partial charge in [0, 0.05) is 0 Å². The monoisotopic (exact) mass is 307 g/mol. The first-order chi connectivity index (χ1) is 9.37. The van der Waals surface area contributed by atoms with Crippen LogP contribution in [0.4, 0.5) is 18.9 Å². The maximum atomic E-state index is 12.2. The van der Waals surface area contributed by atoms with Gasteiger partial charge in [0.2, 0.25) is 0 Å². The minimum Gasteiger partial charge on any atom is -0.467 e. The third-order valence-corrected chi connectivity index (χ3v) is 2.71. The summed E-state index contributed by atoms with van der Waals surface area (Å²) < 4.78 is 42.0. The Hall–Kier alpha value is -1.96. The van der Waals surface area contributed by atoms with Crippen molar-refractivity contribution in [1.29, 1.82) is 0 Å². The molecule has 0 aromatic carbocycles. The molecule has 2 aromatic rings. The Bertz CT molecular complexity index is 637. The van der Waals surface area contributed by atoms with E-state index in [-0.39, 0.29) is 21.9 Å². The molecule has 2 heterocycles. The van der Waals surface area contributed by atoms with Gasteiger partial charge < -0.3 is 9.73 Å². The van der Waals surface area contributed by atoms with Crippen LogP contribution in [0.1, 0.15) is 5.76 Å². The van der Waals surface area contributed by atoms with E-state index in [0.29, 0.717) is 5.76 Å². The highest BCUT2D eigenvalue weighted by Gasteiger charge is 2.29. The predicted octanol–water partition coefficient (Wildman–Crippen LogP) is 2.66. The van der Waals surface area contributed by atoms with E-state index in [2.05, 4.69) is 10.4 Å². The third kappa shape index (κ3) is 3.53. The van der Waals surface area contributed by atoms with Gasteiger partial charge in [-0.3, -0.25) is 4.79 Å². The fourth-order valence-corrected chi connectivity index (χ4v) is 1.68. The van der Waals surface area contributed by atoms with Crippen molar-refractivity contribution in [3.05, 3.63) is 45.7 Å². The number of hydrogen-bond donors (Lipinski definition) is 1. The van der Waals surface area contributed by atoms with E-state index < -0.39 is 18.3 Å². The lowest BCUT2D eigenvalue weighted by Crippen LogP contribution is -2.30. The lowest BCUT2D eigenvalue weighted by atomic mass is 10.4. The lowest BCUT2D eigenvalue weighted by molar-refractivity contribution is -0.143. The van der Waals surface area contributed by atoms with E-state index in [9.17, 15) is 18.0 Å². The van der Waals surface area contributed by atoms with Crippen LogP contribution in [0.25, 0.3) is 0 Å². The van der Waals surface area contributed by atoms with Gasteiger partial charge in [-0.25, -0.2) is 4.68 Å². The molecule has 0 saturated heterocycles. The topological polar surface area (TPSA) is 60.1 Å². The second-order valence-electron chi connectivity index (χ2n) is 3.88. The summed E-state index contributed by atoms with van der Waals surface area (Å²) in [5.41, 5.74) is -0.861. The number of furan rings is 1. The van der Waals surface area contributed by atoms with Gasteiger partial charge in [-0.05, 0) is 12.1 Å². The first-order valence-corrected chi connectivity index (χ1v) is 5.83. The van der Waals surface area contributed by atoms with Crippen molar-refractivity contribution in [3.8, 4) is 0 Å². The average Bonchev–Trinajstić information content (AvgIpc) is 2.86. The molecular formula is C11H9ClF3N3O2. The van der Waals surface area contributed by atoms with Crippen LogP contribution in [0.15, 0.2) is 33.8 Å². The van der Waals surface area contributed by atoms with E-state index in [4.69, 9.17) is 16.0 Å². The normalized spacial score (nSPS) is 11.6. The molecule has 0 atom stereocenters. The number of anilines is 1. The molecule has 2 rings (SSSR count). The van der Waals surface area contributed by atoms with Gasteiger partial charge >= 0.3 is 6.18 Å². The van der Waals surface area contributed by atoms with E-state index in [1.54, 1.807) is 12.1 Å². The highest BCUT2D eigenvalue weighted by Crippen LogP contribution is 2.19. The minimum atomic E-state index is -4.54. The predicted molar refractivity (Wildman–Crippen MR) is 65.6 cm³/mol. The molecule has 5 nitrogen and oxygen atoms in total. The van der Waals surface area contributed by atoms with Gasteiger partial charge in [0.25, 0.3) is 5.56 Å². The van der Waals surface area contributed by atoms with Crippen LogP contribution in [0.5, 0.6) is 0 Å². The number of aromatic nitrogens is 2. The van der Waals surface area contributed by atoms with Crippen LogP contribution < -0.4 is 10.9 Å². The van der Waals surface area contributed by atoms with Crippen molar-refractivity contribution in [2.75, 3.05) is 5.32 Å². The summed E-state index contributed by atoms with van der Waals surface area (Å²) >= 11 is 5.73. The quantitative estimate of drug-likeness (QED) is 0.943. The summed E-state index contributed by atoms with van der Waals surface area (Å²) in [6.07, 6.45) is -2.00. The van der Waals surface area contributed by atoms with E-state index in [0.717, 1.165) is 6.20 Å². The van der Waals surface area contributed by atoms with E-state index in [1.165, 1.54) is 6.26 Å².